The summed E-state index contributed by atoms with van der Waals surface area (Å²) in [6, 6.07) is 18.2. The molecule has 0 aliphatic carbocycles. The highest BCUT2D eigenvalue weighted by atomic mass is 16.6. The first-order valence-corrected chi connectivity index (χ1v) is 18.6. The fourth-order valence-corrected chi connectivity index (χ4v) is 7.85. The molecule has 0 saturated carbocycles. The number of benzene rings is 4. The number of methoxy groups -OCH3 is 4. The maximum absolute atomic E-state index is 13.1. The van der Waals surface area contributed by atoms with Crippen molar-refractivity contribution in [2.75, 3.05) is 67.5 Å². The van der Waals surface area contributed by atoms with Crippen LogP contribution in [0.15, 0.2) is 54.6 Å². The molecule has 11 nitrogen and oxygen atoms in total. The van der Waals surface area contributed by atoms with Crippen LogP contribution in [0.25, 0.3) is 0 Å². The van der Waals surface area contributed by atoms with E-state index in [0.717, 1.165) is 49.0 Å². The predicted octanol–water partition coefficient (Wildman–Crippen LogP) is 8.37. The summed E-state index contributed by atoms with van der Waals surface area (Å²) in [7, 11) is 10.8. The van der Waals surface area contributed by atoms with Gasteiger partial charge < -0.3 is 33.2 Å². The van der Waals surface area contributed by atoms with E-state index in [1.807, 2.05) is 32.0 Å². The highest BCUT2D eigenvalue weighted by Crippen LogP contribution is 2.52. The van der Waals surface area contributed by atoms with Crippen molar-refractivity contribution in [1.29, 1.82) is 0 Å². The van der Waals surface area contributed by atoms with E-state index >= 15 is 0 Å². The molecule has 1 amide bonds. The summed E-state index contributed by atoms with van der Waals surface area (Å²) >= 11 is 0. The van der Waals surface area contributed by atoms with Gasteiger partial charge in [-0.05, 0) is 110 Å². The third kappa shape index (κ3) is 7.35. The molecule has 4 aromatic carbocycles. The summed E-state index contributed by atoms with van der Waals surface area (Å²) in [6.45, 7) is 6.00. The number of carbonyl (C=O) groups is 1. The molecule has 11 heteroatoms. The lowest BCUT2D eigenvalue weighted by atomic mass is 9.86. The van der Waals surface area contributed by atoms with E-state index in [4.69, 9.17) is 33.2 Å². The van der Waals surface area contributed by atoms with Crippen LogP contribution in [0.3, 0.4) is 0 Å². The zero-order valence-electron chi connectivity index (χ0n) is 32.5. The summed E-state index contributed by atoms with van der Waals surface area (Å²) in [6.07, 6.45) is 2.40. The number of ether oxygens (including phenoxy) is 7. The fraction of sp³-hybridized carbons (Fsp3) is 0.419. The number of nitrogens with one attached hydrogen (secondary N) is 1. The van der Waals surface area contributed by atoms with E-state index in [-0.39, 0.29) is 18.0 Å². The van der Waals surface area contributed by atoms with Gasteiger partial charge >= 0.3 is 6.09 Å². The van der Waals surface area contributed by atoms with Crippen LogP contribution in [-0.2, 0) is 30.4 Å². The number of carbonyl (C=O) groups excluding carboxylic acids is 1. The van der Waals surface area contributed by atoms with E-state index in [1.165, 1.54) is 16.7 Å². The SMILES string of the molecule is COc1cc(NC(=O)OCC(C)C)c2cc1Oc1ccc(cc1)C[C@H]1c3cc(c(OC)cc3CCN1C)Oc1c(OC)c(OC)cc3c1[C@H](C2)N(C)CC3. The molecule has 4 aliphatic rings. The Hall–Kier alpha value is -5.13. The van der Waals surface area contributed by atoms with Gasteiger partial charge in [0, 0.05) is 36.8 Å². The van der Waals surface area contributed by atoms with Gasteiger partial charge in [0.05, 0.1) is 40.7 Å². The van der Waals surface area contributed by atoms with Gasteiger partial charge in [-0.3, -0.25) is 15.1 Å². The van der Waals surface area contributed by atoms with Gasteiger partial charge in [-0.15, -0.1) is 0 Å². The summed E-state index contributed by atoms with van der Waals surface area (Å²) in [5, 5.41) is 3.00. The summed E-state index contributed by atoms with van der Waals surface area (Å²) in [4.78, 5) is 17.9. The van der Waals surface area contributed by atoms with Crippen molar-refractivity contribution in [2.45, 2.75) is 51.6 Å². The van der Waals surface area contributed by atoms with Crippen molar-refractivity contribution in [3.05, 3.63) is 88.0 Å². The van der Waals surface area contributed by atoms with Gasteiger partial charge in [0.25, 0.3) is 0 Å². The van der Waals surface area contributed by atoms with Gasteiger partial charge in [0.1, 0.15) is 5.75 Å². The first-order chi connectivity index (χ1) is 26.1. The smallest absolute Gasteiger partial charge is 0.411 e. The Morgan fingerprint density at radius 1 is 0.759 bits per heavy atom. The highest BCUT2D eigenvalue weighted by molar-refractivity contribution is 5.86. The molecule has 54 heavy (non-hydrogen) atoms. The zero-order chi connectivity index (χ0) is 38.1. The Morgan fingerprint density at radius 3 is 2.09 bits per heavy atom. The molecule has 4 heterocycles. The largest absolute Gasteiger partial charge is 0.493 e. The standard InChI is InChI=1S/C43H51N3O8/c1-25(2)24-52-43(47)44-32-23-36(49-6)37-21-29(32)18-34-40-28(14-16-46(34)4)20-39(50-7)41(51-8)42(40)54-38-22-31-27(19-35(38)48-5)13-15-45(3)33(31)17-26-9-11-30(53-37)12-10-26/h9-12,19-23,25,33-34H,13-18,24H2,1-8H3,(H,44,47)/t33-,34-/m0/s1. The maximum atomic E-state index is 13.1. The van der Waals surface area contributed by atoms with E-state index in [2.05, 4.69) is 59.5 Å². The fourth-order valence-electron chi connectivity index (χ4n) is 7.85. The zero-order valence-corrected chi connectivity index (χ0v) is 32.5. The van der Waals surface area contributed by atoms with Crippen molar-refractivity contribution in [3.63, 3.8) is 0 Å². The van der Waals surface area contributed by atoms with Crippen LogP contribution in [0.1, 0.15) is 59.3 Å². The lowest BCUT2D eigenvalue weighted by molar-refractivity contribution is 0.147. The van der Waals surface area contributed by atoms with Crippen molar-refractivity contribution >= 4 is 11.8 Å². The van der Waals surface area contributed by atoms with E-state index in [0.29, 0.717) is 64.7 Å². The predicted molar refractivity (Wildman–Crippen MR) is 207 cm³/mol. The molecule has 286 valence electrons. The van der Waals surface area contributed by atoms with Crippen molar-refractivity contribution < 1.29 is 38.0 Å². The second kappa shape index (κ2) is 15.7. The second-order valence-electron chi connectivity index (χ2n) is 14.7. The Balaban J connectivity index is 1.45. The summed E-state index contributed by atoms with van der Waals surface area (Å²) in [5.74, 6) is 4.77. The minimum atomic E-state index is -0.540. The van der Waals surface area contributed by atoms with Crippen LogP contribution in [-0.4, -0.2) is 78.1 Å². The Kier molecular flexibility index (Phi) is 10.8. The molecule has 4 aliphatic heterocycles. The molecule has 0 unspecified atom stereocenters. The van der Waals surface area contributed by atoms with Crippen LogP contribution in [0.4, 0.5) is 10.5 Å². The first kappa shape index (κ1) is 37.2. The maximum Gasteiger partial charge on any atom is 0.411 e. The summed E-state index contributed by atoms with van der Waals surface area (Å²) < 4.78 is 43.1. The van der Waals surface area contributed by atoms with Crippen LogP contribution < -0.4 is 33.7 Å². The Labute approximate surface area is 318 Å². The number of hydrogen-bond donors (Lipinski definition) is 1. The lowest BCUT2D eigenvalue weighted by Crippen LogP contribution is -2.34. The van der Waals surface area contributed by atoms with E-state index < -0.39 is 6.09 Å². The minimum absolute atomic E-state index is 0.114. The first-order valence-electron chi connectivity index (χ1n) is 18.6. The van der Waals surface area contributed by atoms with Gasteiger partial charge in [-0.2, -0.15) is 0 Å². The molecule has 8 rings (SSSR count). The molecule has 2 atom stereocenters. The number of likely N-dealkylation sites (N-methyl/N-ethyl adjacent to an activating group) is 2. The topological polar surface area (TPSA) is 100 Å². The van der Waals surface area contributed by atoms with Crippen molar-refractivity contribution in [3.8, 4) is 46.0 Å². The normalized spacial score (nSPS) is 18.0. The third-order valence-electron chi connectivity index (χ3n) is 10.8. The van der Waals surface area contributed by atoms with E-state index in [1.54, 1.807) is 34.5 Å². The van der Waals surface area contributed by atoms with Crippen LogP contribution in [0.2, 0.25) is 0 Å². The van der Waals surface area contributed by atoms with Crippen LogP contribution in [0, 0.1) is 5.92 Å². The Bertz CT molecular complexity index is 2010. The molecule has 0 aromatic heterocycles. The number of amides is 1. The van der Waals surface area contributed by atoms with Gasteiger partial charge in [-0.1, -0.05) is 26.0 Å². The average molecular weight is 738 g/mol. The Morgan fingerprint density at radius 2 is 1.41 bits per heavy atom. The van der Waals surface area contributed by atoms with E-state index in [9.17, 15) is 4.79 Å². The highest BCUT2D eigenvalue weighted by Gasteiger charge is 2.35. The number of hydrogen-bond acceptors (Lipinski definition) is 10. The van der Waals surface area contributed by atoms with Crippen molar-refractivity contribution in [1.82, 2.24) is 9.80 Å². The molecule has 0 saturated heterocycles. The second-order valence-corrected chi connectivity index (χ2v) is 14.7. The third-order valence-corrected chi connectivity index (χ3v) is 10.8. The van der Waals surface area contributed by atoms with Gasteiger partial charge in [0.15, 0.2) is 34.5 Å². The number of fused-ring (bicyclic) bond motifs is 2. The number of nitrogens with zero attached hydrogens (tertiary/aromatic N) is 2. The molecule has 0 radical (unpaired) electrons. The molecular formula is C43H51N3O8. The number of rotatable bonds is 7. The summed E-state index contributed by atoms with van der Waals surface area (Å²) in [5.41, 5.74) is 7.06. The molecule has 0 fully saturated rings. The monoisotopic (exact) mass is 737 g/mol. The number of anilines is 1. The van der Waals surface area contributed by atoms with Crippen LogP contribution in [0.5, 0.6) is 46.0 Å². The quantitative estimate of drug-likeness (QED) is 0.199. The minimum Gasteiger partial charge on any atom is -0.493 e. The van der Waals surface area contributed by atoms with Crippen molar-refractivity contribution in [2.24, 2.45) is 5.92 Å². The lowest BCUT2D eigenvalue weighted by Gasteiger charge is -2.37. The van der Waals surface area contributed by atoms with Crippen LogP contribution >= 0.6 is 0 Å². The molecule has 0 spiro atoms. The molecule has 4 aromatic rings. The average Bonchev–Trinajstić information content (AvgIpc) is 3.16. The molecule has 1 N–H and O–H groups in total. The van der Waals surface area contributed by atoms with Gasteiger partial charge in [0.2, 0.25) is 5.75 Å². The van der Waals surface area contributed by atoms with Gasteiger partial charge in [-0.25, -0.2) is 4.79 Å². The molecular weight excluding hydrogens is 686 g/mol. The molecule has 6 bridgehead atoms.